The maximum atomic E-state index is 13.4. The monoisotopic (exact) mass is 399 g/mol. The van der Waals surface area contributed by atoms with E-state index in [1.54, 1.807) is 17.7 Å². The molecule has 9 heteroatoms. The minimum absolute atomic E-state index is 0.227. The number of aromatic nitrogens is 3. The molecular formula is C20H22FN5O3. The van der Waals surface area contributed by atoms with Gasteiger partial charge in [0, 0.05) is 31.5 Å². The molecule has 3 heterocycles. The summed E-state index contributed by atoms with van der Waals surface area (Å²) in [6.45, 7) is 3.88. The molecule has 29 heavy (non-hydrogen) atoms. The van der Waals surface area contributed by atoms with Gasteiger partial charge in [0.05, 0.1) is 18.7 Å². The van der Waals surface area contributed by atoms with Gasteiger partial charge in [0.2, 0.25) is 11.9 Å². The van der Waals surface area contributed by atoms with Gasteiger partial charge in [-0.05, 0) is 31.2 Å². The number of carbonyl (C=O) groups is 1. The quantitative estimate of drug-likeness (QED) is 0.722. The van der Waals surface area contributed by atoms with Crippen LogP contribution in [0.15, 0.2) is 35.1 Å². The molecule has 0 aliphatic carbocycles. The summed E-state index contributed by atoms with van der Waals surface area (Å²) in [5.74, 6) is -0.443. The van der Waals surface area contributed by atoms with Crippen molar-refractivity contribution in [2.45, 2.75) is 13.5 Å². The summed E-state index contributed by atoms with van der Waals surface area (Å²) >= 11 is 0. The minimum Gasteiger partial charge on any atom is -0.378 e. The predicted octanol–water partition coefficient (Wildman–Crippen LogP) is 1.66. The van der Waals surface area contributed by atoms with Crippen LogP contribution in [0.25, 0.3) is 11.0 Å². The molecule has 152 valence electrons. The number of nitrogens with one attached hydrogen (secondary N) is 1. The second-order valence-corrected chi connectivity index (χ2v) is 7.04. The van der Waals surface area contributed by atoms with E-state index in [1.165, 1.54) is 22.8 Å². The number of halogens is 1. The largest absolute Gasteiger partial charge is 0.378 e. The molecule has 1 amide bonds. The number of fused-ring (bicyclic) bond motifs is 1. The number of amides is 1. The van der Waals surface area contributed by atoms with Crippen LogP contribution in [-0.2, 0) is 23.1 Å². The summed E-state index contributed by atoms with van der Waals surface area (Å²) in [6.07, 6.45) is 0. The van der Waals surface area contributed by atoms with Gasteiger partial charge >= 0.3 is 0 Å². The van der Waals surface area contributed by atoms with Crippen molar-refractivity contribution in [3.8, 4) is 0 Å². The lowest BCUT2D eigenvalue weighted by atomic mass is 10.3. The Morgan fingerprint density at radius 1 is 1.28 bits per heavy atom. The second-order valence-electron chi connectivity index (χ2n) is 7.04. The van der Waals surface area contributed by atoms with Crippen LogP contribution in [-0.4, -0.2) is 46.3 Å². The van der Waals surface area contributed by atoms with E-state index < -0.39 is 11.7 Å². The molecule has 8 nitrogen and oxygen atoms in total. The molecule has 0 radical (unpaired) electrons. The Morgan fingerprint density at radius 2 is 2.03 bits per heavy atom. The Balaban J connectivity index is 1.74. The van der Waals surface area contributed by atoms with Gasteiger partial charge in [0.15, 0.2) is 0 Å². The van der Waals surface area contributed by atoms with Gasteiger partial charge in [-0.2, -0.15) is 0 Å². The number of ether oxygens (including phenoxy) is 1. The van der Waals surface area contributed by atoms with Crippen molar-refractivity contribution in [2.75, 3.05) is 36.5 Å². The van der Waals surface area contributed by atoms with Crippen molar-refractivity contribution < 1.29 is 13.9 Å². The first-order chi connectivity index (χ1) is 13.9. The van der Waals surface area contributed by atoms with Crippen molar-refractivity contribution in [1.29, 1.82) is 0 Å². The van der Waals surface area contributed by atoms with Crippen LogP contribution in [0.3, 0.4) is 0 Å². The summed E-state index contributed by atoms with van der Waals surface area (Å²) in [7, 11) is 1.80. The number of aryl methyl sites for hydroxylation is 2. The molecule has 1 aliphatic heterocycles. The molecule has 1 saturated heterocycles. The van der Waals surface area contributed by atoms with Crippen LogP contribution in [0.5, 0.6) is 0 Å². The van der Waals surface area contributed by atoms with E-state index in [9.17, 15) is 14.0 Å². The van der Waals surface area contributed by atoms with E-state index in [0.717, 1.165) is 5.69 Å². The molecular weight excluding hydrogens is 377 g/mol. The number of nitrogens with zero attached hydrogens (tertiary/aromatic N) is 4. The fraction of sp³-hybridized carbons (Fsp3) is 0.350. The molecule has 1 aromatic carbocycles. The van der Waals surface area contributed by atoms with Gasteiger partial charge in [0.1, 0.15) is 17.9 Å². The van der Waals surface area contributed by atoms with Crippen LogP contribution in [0.1, 0.15) is 5.69 Å². The maximum absolute atomic E-state index is 13.4. The fourth-order valence-corrected chi connectivity index (χ4v) is 3.49. The van der Waals surface area contributed by atoms with Gasteiger partial charge < -0.3 is 19.5 Å². The van der Waals surface area contributed by atoms with Crippen molar-refractivity contribution in [2.24, 2.45) is 7.05 Å². The van der Waals surface area contributed by atoms with Gasteiger partial charge in [-0.3, -0.25) is 14.2 Å². The Bertz CT molecular complexity index is 1130. The third kappa shape index (κ3) is 3.73. The first-order valence-electron chi connectivity index (χ1n) is 9.39. The third-order valence-electron chi connectivity index (χ3n) is 5.07. The van der Waals surface area contributed by atoms with Crippen molar-refractivity contribution >= 4 is 28.6 Å². The topological polar surface area (TPSA) is 81.4 Å². The molecule has 1 aliphatic rings. The van der Waals surface area contributed by atoms with Crippen LogP contribution < -0.4 is 15.8 Å². The van der Waals surface area contributed by atoms with E-state index in [1.807, 2.05) is 17.9 Å². The summed E-state index contributed by atoms with van der Waals surface area (Å²) in [4.78, 5) is 32.5. The van der Waals surface area contributed by atoms with Crippen LogP contribution >= 0.6 is 0 Å². The Morgan fingerprint density at radius 3 is 2.76 bits per heavy atom. The molecule has 1 fully saturated rings. The average molecular weight is 399 g/mol. The van der Waals surface area contributed by atoms with Crippen LogP contribution in [0.4, 0.5) is 16.0 Å². The van der Waals surface area contributed by atoms with Crippen molar-refractivity contribution in [1.82, 2.24) is 14.1 Å². The van der Waals surface area contributed by atoms with Gasteiger partial charge in [-0.15, -0.1) is 0 Å². The minimum atomic E-state index is -0.448. The van der Waals surface area contributed by atoms with E-state index in [2.05, 4.69) is 10.3 Å². The van der Waals surface area contributed by atoms with Gasteiger partial charge in [-0.25, -0.2) is 9.37 Å². The molecule has 0 spiro atoms. The van der Waals surface area contributed by atoms with Gasteiger partial charge in [-0.1, -0.05) is 6.07 Å². The number of rotatable bonds is 4. The Labute approximate surface area is 166 Å². The zero-order valence-corrected chi connectivity index (χ0v) is 16.3. The molecule has 0 saturated carbocycles. The van der Waals surface area contributed by atoms with E-state index in [4.69, 9.17) is 4.74 Å². The number of benzene rings is 1. The highest BCUT2D eigenvalue weighted by Crippen LogP contribution is 2.19. The van der Waals surface area contributed by atoms with E-state index >= 15 is 0 Å². The lowest BCUT2D eigenvalue weighted by Crippen LogP contribution is -2.42. The van der Waals surface area contributed by atoms with Crippen LogP contribution in [0.2, 0.25) is 0 Å². The normalized spacial score (nSPS) is 14.4. The predicted molar refractivity (Wildman–Crippen MR) is 108 cm³/mol. The molecule has 0 unspecified atom stereocenters. The van der Waals surface area contributed by atoms with E-state index in [-0.39, 0.29) is 12.1 Å². The SMILES string of the molecule is Cc1cc2nc(N3CCOCC3)n(CC(=O)Nc3cccc(F)c3)c(=O)c2n1C. The Hall–Kier alpha value is -3.20. The van der Waals surface area contributed by atoms with Crippen molar-refractivity contribution in [3.05, 3.63) is 52.2 Å². The van der Waals surface area contributed by atoms with Crippen LogP contribution in [0, 0.1) is 12.7 Å². The number of hydrogen-bond donors (Lipinski definition) is 1. The fourth-order valence-electron chi connectivity index (χ4n) is 3.49. The highest BCUT2D eigenvalue weighted by atomic mass is 19.1. The average Bonchev–Trinajstić information content (AvgIpc) is 2.98. The molecule has 2 aromatic heterocycles. The first kappa shape index (κ1) is 19.1. The van der Waals surface area contributed by atoms with Gasteiger partial charge in [0.25, 0.3) is 5.56 Å². The number of morpholine rings is 1. The molecule has 0 atom stereocenters. The molecule has 3 aromatic rings. The molecule has 0 bridgehead atoms. The summed E-state index contributed by atoms with van der Waals surface area (Å²) < 4.78 is 21.9. The molecule has 4 rings (SSSR count). The highest BCUT2D eigenvalue weighted by molar-refractivity contribution is 5.91. The summed E-state index contributed by atoms with van der Waals surface area (Å²) in [5.41, 5.74) is 1.98. The van der Waals surface area contributed by atoms with Crippen molar-refractivity contribution in [3.63, 3.8) is 0 Å². The third-order valence-corrected chi connectivity index (χ3v) is 5.07. The standard InChI is InChI=1S/C20H22FN5O3/c1-13-10-16-18(24(13)2)19(28)26(20(23-16)25-6-8-29-9-7-25)12-17(27)22-15-5-3-4-14(21)11-15/h3-5,10-11H,6-9,12H2,1-2H3,(H,22,27). The molecule has 1 N–H and O–H groups in total. The highest BCUT2D eigenvalue weighted by Gasteiger charge is 2.22. The zero-order valence-electron chi connectivity index (χ0n) is 16.3. The first-order valence-corrected chi connectivity index (χ1v) is 9.39. The second kappa shape index (κ2) is 7.67. The smallest absolute Gasteiger partial charge is 0.279 e. The summed E-state index contributed by atoms with van der Waals surface area (Å²) in [6, 6.07) is 7.49. The lowest BCUT2D eigenvalue weighted by Gasteiger charge is -2.29. The summed E-state index contributed by atoms with van der Waals surface area (Å²) in [5, 5.41) is 2.64. The number of carbonyl (C=O) groups excluding carboxylic acids is 1. The Kier molecular flexibility index (Phi) is 5.06. The number of anilines is 2. The number of hydrogen-bond acceptors (Lipinski definition) is 5. The zero-order chi connectivity index (χ0) is 20.5. The lowest BCUT2D eigenvalue weighted by molar-refractivity contribution is -0.116. The van der Waals surface area contributed by atoms with E-state index in [0.29, 0.717) is 49.0 Å². The maximum Gasteiger partial charge on any atom is 0.279 e.